The van der Waals surface area contributed by atoms with Gasteiger partial charge in [-0.25, -0.2) is 5.43 Å². The lowest BCUT2D eigenvalue weighted by atomic mass is 10.1. The lowest BCUT2D eigenvalue weighted by Gasteiger charge is -2.09. The summed E-state index contributed by atoms with van der Waals surface area (Å²) in [7, 11) is 0. The largest absolute Gasteiger partial charge is 0.455 e. The van der Waals surface area contributed by atoms with Crippen LogP contribution < -0.4 is 10.7 Å². The van der Waals surface area contributed by atoms with E-state index in [4.69, 9.17) is 4.42 Å². The van der Waals surface area contributed by atoms with Crippen molar-refractivity contribution < 1.29 is 22.4 Å². The van der Waals surface area contributed by atoms with Gasteiger partial charge in [-0.15, -0.1) is 0 Å². The lowest BCUT2D eigenvalue weighted by Crippen LogP contribution is -2.26. The summed E-state index contributed by atoms with van der Waals surface area (Å²) in [6, 6.07) is 13.9. The fourth-order valence-electron chi connectivity index (χ4n) is 2.52. The number of hydrogen-bond acceptors (Lipinski definition) is 4. The number of carbonyl (C=O) groups is 1. The van der Waals surface area contributed by atoms with Gasteiger partial charge in [0.05, 0.1) is 18.3 Å². The van der Waals surface area contributed by atoms with E-state index in [1.54, 1.807) is 12.1 Å². The Morgan fingerprint density at radius 2 is 1.97 bits per heavy atom. The van der Waals surface area contributed by atoms with Crippen LogP contribution in [0, 0.1) is 6.92 Å². The van der Waals surface area contributed by atoms with Crippen LogP contribution in [0.5, 0.6) is 0 Å². The van der Waals surface area contributed by atoms with E-state index in [1.807, 2.05) is 25.1 Å². The molecule has 0 aliphatic heterocycles. The van der Waals surface area contributed by atoms with Gasteiger partial charge >= 0.3 is 6.18 Å². The molecule has 0 unspecified atom stereocenters. The van der Waals surface area contributed by atoms with Gasteiger partial charge in [-0.2, -0.15) is 18.3 Å². The number of amides is 1. The van der Waals surface area contributed by atoms with Crippen LogP contribution in [0.25, 0.3) is 11.3 Å². The van der Waals surface area contributed by atoms with Crippen LogP contribution in [-0.4, -0.2) is 18.7 Å². The minimum absolute atomic E-state index is 0.184. The smallest absolute Gasteiger partial charge is 0.416 e. The Morgan fingerprint density at radius 1 is 1.17 bits per heavy atom. The molecule has 1 amide bonds. The second kappa shape index (κ2) is 9.17. The van der Waals surface area contributed by atoms with Crippen LogP contribution in [-0.2, 0) is 11.0 Å². The highest BCUT2D eigenvalue weighted by Crippen LogP contribution is 2.30. The highest BCUT2D eigenvalue weighted by molar-refractivity contribution is 9.10. The SMILES string of the molecule is Cc1ccc(-c2ccc(/C=N\NC(=O)CNc3cccc(C(F)(F)F)c3)o2)cc1Br. The van der Waals surface area contributed by atoms with E-state index >= 15 is 0 Å². The van der Waals surface area contributed by atoms with Crippen molar-refractivity contribution in [3.63, 3.8) is 0 Å². The molecule has 0 aliphatic rings. The monoisotopic (exact) mass is 479 g/mol. The van der Waals surface area contributed by atoms with Crippen molar-refractivity contribution in [2.24, 2.45) is 5.10 Å². The standard InChI is InChI=1S/C21H17BrF3N3O2/c1-13-5-6-14(9-18(13)22)19-8-7-17(30-19)11-27-28-20(29)12-26-16-4-2-3-15(10-16)21(23,24)25/h2-11,26H,12H2,1H3,(H,28,29)/b27-11-. The molecule has 0 saturated heterocycles. The van der Waals surface area contributed by atoms with E-state index in [0.29, 0.717) is 11.5 Å². The van der Waals surface area contributed by atoms with Crippen LogP contribution in [0.4, 0.5) is 18.9 Å². The van der Waals surface area contributed by atoms with Gasteiger partial charge in [0.1, 0.15) is 11.5 Å². The van der Waals surface area contributed by atoms with Crippen LogP contribution in [0.3, 0.4) is 0 Å². The third-order valence-electron chi connectivity index (χ3n) is 4.11. The van der Waals surface area contributed by atoms with Crippen molar-refractivity contribution in [3.8, 4) is 11.3 Å². The van der Waals surface area contributed by atoms with Crippen molar-refractivity contribution in [1.82, 2.24) is 5.43 Å². The summed E-state index contributed by atoms with van der Waals surface area (Å²) in [6.07, 6.45) is -3.10. The molecule has 0 saturated carbocycles. The van der Waals surface area contributed by atoms with Crippen LogP contribution in [0.2, 0.25) is 0 Å². The molecule has 9 heteroatoms. The Morgan fingerprint density at radius 3 is 2.70 bits per heavy atom. The molecule has 5 nitrogen and oxygen atoms in total. The van der Waals surface area contributed by atoms with Gasteiger partial charge in [0.2, 0.25) is 0 Å². The average Bonchev–Trinajstić information content (AvgIpc) is 3.17. The number of hydrazone groups is 1. The number of anilines is 1. The maximum Gasteiger partial charge on any atom is 0.416 e. The molecule has 0 bridgehead atoms. The van der Waals surface area contributed by atoms with Gasteiger partial charge in [0, 0.05) is 15.7 Å². The average molecular weight is 480 g/mol. The predicted octanol–water partition coefficient (Wildman–Crippen LogP) is 5.60. The normalized spacial score (nSPS) is 11.6. The molecule has 0 fully saturated rings. The predicted molar refractivity (Wildman–Crippen MR) is 112 cm³/mol. The molecule has 3 rings (SSSR count). The Balaban J connectivity index is 1.53. The zero-order chi connectivity index (χ0) is 21.7. The van der Waals surface area contributed by atoms with Crippen molar-refractivity contribution in [3.05, 3.63) is 76.0 Å². The van der Waals surface area contributed by atoms with Crippen molar-refractivity contribution in [2.45, 2.75) is 13.1 Å². The summed E-state index contributed by atoms with van der Waals surface area (Å²) in [5.41, 5.74) is 3.68. The molecule has 3 aromatic rings. The van der Waals surface area contributed by atoms with E-state index in [-0.39, 0.29) is 12.2 Å². The van der Waals surface area contributed by atoms with E-state index in [1.165, 1.54) is 18.3 Å². The van der Waals surface area contributed by atoms with Gasteiger partial charge in [-0.05, 0) is 48.9 Å². The molecule has 30 heavy (non-hydrogen) atoms. The number of furan rings is 1. The minimum Gasteiger partial charge on any atom is -0.455 e. The minimum atomic E-state index is -4.44. The number of hydrogen-bond donors (Lipinski definition) is 2. The molecule has 0 spiro atoms. The van der Waals surface area contributed by atoms with Crippen LogP contribution in [0.1, 0.15) is 16.9 Å². The highest BCUT2D eigenvalue weighted by atomic mass is 79.9. The molecule has 1 aromatic heterocycles. The number of aryl methyl sites for hydroxylation is 1. The first-order valence-electron chi connectivity index (χ1n) is 8.82. The summed E-state index contributed by atoms with van der Waals surface area (Å²) in [4.78, 5) is 11.8. The Hall–Kier alpha value is -3.07. The number of nitrogens with one attached hydrogen (secondary N) is 2. The fraction of sp³-hybridized carbons (Fsp3) is 0.143. The number of carbonyl (C=O) groups excluding carboxylic acids is 1. The third kappa shape index (κ3) is 5.73. The molecular weight excluding hydrogens is 463 g/mol. The number of alkyl halides is 3. The highest BCUT2D eigenvalue weighted by Gasteiger charge is 2.30. The first kappa shape index (κ1) is 21.6. The Bertz CT molecular complexity index is 1080. The fourth-order valence-corrected chi connectivity index (χ4v) is 2.90. The van der Waals surface area contributed by atoms with Crippen molar-refractivity contribution >= 4 is 33.7 Å². The number of halogens is 4. The molecule has 0 radical (unpaired) electrons. The zero-order valence-corrected chi connectivity index (χ0v) is 17.3. The molecule has 156 valence electrons. The third-order valence-corrected chi connectivity index (χ3v) is 4.96. The summed E-state index contributed by atoms with van der Waals surface area (Å²) in [6.45, 7) is 1.75. The van der Waals surface area contributed by atoms with E-state index in [0.717, 1.165) is 27.7 Å². The maximum absolute atomic E-state index is 12.7. The number of benzene rings is 2. The quantitative estimate of drug-likeness (QED) is 0.357. The van der Waals surface area contributed by atoms with E-state index < -0.39 is 17.6 Å². The van der Waals surface area contributed by atoms with Gasteiger partial charge in [-0.3, -0.25) is 4.79 Å². The van der Waals surface area contributed by atoms with E-state index in [9.17, 15) is 18.0 Å². The molecule has 0 aliphatic carbocycles. The molecule has 1 heterocycles. The zero-order valence-electron chi connectivity index (χ0n) is 15.8. The number of rotatable bonds is 6. The Kier molecular flexibility index (Phi) is 6.61. The molecule has 0 atom stereocenters. The Labute approximate surface area is 179 Å². The molecule has 2 aromatic carbocycles. The first-order valence-corrected chi connectivity index (χ1v) is 9.61. The second-order valence-corrected chi connectivity index (χ2v) is 7.25. The number of nitrogens with zero attached hydrogens (tertiary/aromatic N) is 1. The van der Waals surface area contributed by atoms with Crippen molar-refractivity contribution in [2.75, 3.05) is 11.9 Å². The lowest BCUT2D eigenvalue weighted by molar-refractivity contribution is -0.137. The first-order chi connectivity index (χ1) is 14.2. The topological polar surface area (TPSA) is 66.6 Å². The van der Waals surface area contributed by atoms with Crippen LogP contribution >= 0.6 is 15.9 Å². The summed E-state index contributed by atoms with van der Waals surface area (Å²) >= 11 is 3.48. The summed E-state index contributed by atoms with van der Waals surface area (Å²) < 4.78 is 44.8. The second-order valence-electron chi connectivity index (χ2n) is 6.39. The van der Waals surface area contributed by atoms with Crippen LogP contribution in [0.15, 0.2) is 68.6 Å². The molecular formula is C21H17BrF3N3O2. The maximum atomic E-state index is 12.7. The van der Waals surface area contributed by atoms with Gasteiger partial charge in [0.25, 0.3) is 5.91 Å². The van der Waals surface area contributed by atoms with Gasteiger partial charge < -0.3 is 9.73 Å². The summed E-state index contributed by atoms with van der Waals surface area (Å²) in [5.74, 6) is 0.570. The van der Waals surface area contributed by atoms with Gasteiger partial charge in [0.15, 0.2) is 0 Å². The summed E-state index contributed by atoms with van der Waals surface area (Å²) in [5, 5.41) is 6.43. The van der Waals surface area contributed by atoms with Crippen molar-refractivity contribution in [1.29, 1.82) is 0 Å². The van der Waals surface area contributed by atoms with Gasteiger partial charge in [-0.1, -0.05) is 34.1 Å². The molecule has 2 N–H and O–H groups in total. The van der Waals surface area contributed by atoms with E-state index in [2.05, 4.69) is 31.8 Å².